The van der Waals surface area contributed by atoms with E-state index in [0.29, 0.717) is 6.42 Å². The molecule has 0 bridgehead atoms. The van der Waals surface area contributed by atoms with Crippen LogP contribution in [0.15, 0.2) is 24.3 Å². The first-order valence-corrected chi connectivity index (χ1v) is 21.6. The molecule has 52 heavy (non-hydrogen) atoms. The van der Waals surface area contributed by atoms with Crippen LogP contribution in [0.1, 0.15) is 187 Å². The zero-order valence-electron chi connectivity index (χ0n) is 33.3. The summed E-state index contributed by atoms with van der Waals surface area (Å²) in [4.78, 5) is 12.9. The van der Waals surface area contributed by atoms with Crippen molar-refractivity contribution in [1.82, 2.24) is 5.32 Å². The summed E-state index contributed by atoms with van der Waals surface area (Å²) in [5.74, 6) is -0.194. The Morgan fingerprint density at radius 2 is 1.12 bits per heavy atom. The monoisotopic (exact) mass is 740 g/mol. The van der Waals surface area contributed by atoms with Crippen LogP contribution in [0.2, 0.25) is 0 Å². The van der Waals surface area contributed by atoms with E-state index < -0.39 is 49.5 Å². The number of carbonyl (C=O) groups excluding carboxylic acids is 1. The van der Waals surface area contributed by atoms with Crippen molar-refractivity contribution in [2.24, 2.45) is 0 Å². The topological polar surface area (TPSA) is 149 Å². The second-order valence-corrected chi connectivity index (χ2v) is 15.2. The first kappa shape index (κ1) is 48.7. The van der Waals surface area contributed by atoms with E-state index in [4.69, 9.17) is 9.47 Å². The lowest BCUT2D eigenvalue weighted by Crippen LogP contribution is -2.60. The quantitative estimate of drug-likeness (QED) is 0.0281. The van der Waals surface area contributed by atoms with Crippen molar-refractivity contribution in [2.75, 3.05) is 13.2 Å². The van der Waals surface area contributed by atoms with E-state index in [1.165, 1.54) is 135 Å². The number of hydrogen-bond acceptors (Lipinski definition) is 8. The van der Waals surface area contributed by atoms with Crippen LogP contribution in [0.5, 0.6) is 0 Å². The van der Waals surface area contributed by atoms with Gasteiger partial charge < -0.3 is 40.3 Å². The molecule has 0 radical (unpaired) electrons. The molecule has 1 amide bonds. The highest BCUT2D eigenvalue weighted by Crippen LogP contribution is 2.22. The second kappa shape index (κ2) is 34.2. The molecule has 0 spiro atoms. The normalized spacial score (nSPS) is 22.0. The van der Waals surface area contributed by atoms with Crippen LogP contribution in [-0.2, 0) is 14.3 Å². The Morgan fingerprint density at radius 3 is 1.60 bits per heavy atom. The van der Waals surface area contributed by atoms with Gasteiger partial charge in [-0.05, 0) is 19.3 Å². The molecule has 9 nitrogen and oxygen atoms in total. The van der Waals surface area contributed by atoms with Crippen molar-refractivity contribution in [1.29, 1.82) is 0 Å². The van der Waals surface area contributed by atoms with Gasteiger partial charge in [-0.3, -0.25) is 4.79 Å². The third-order valence-corrected chi connectivity index (χ3v) is 10.3. The predicted octanol–water partition coefficient (Wildman–Crippen LogP) is 8.33. The van der Waals surface area contributed by atoms with Crippen molar-refractivity contribution in [3.8, 4) is 0 Å². The largest absolute Gasteiger partial charge is 0.394 e. The minimum atomic E-state index is -1.57. The number of rotatable bonds is 35. The van der Waals surface area contributed by atoms with Gasteiger partial charge in [-0.2, -0.15) is 0 Å². The summed E-state index contributed by atoms with van der Waals surface area (Å²) in [7, 11) is 0. The summed E-state index contributed by atoms with van der Waals surface area (Å²) >= 11 is 0. The number of nitrogens with one attached hydrogen (secondary N) is 1. The van der Waals surface area contributed by atoms with Crippen molar-refractivity contribution in [3.63, 3.8) is 0 Å². The zero-order chi connectivity index (χ0) is 38.1. The SMILES string of the molecule is CCCCCCCC/C=C/C=C/[C@@H](O)[C@H](CO[C@H]1O[C@@H](CO)[C@H](O)C(O)C1O)NC(=O)CCCCCCCCCCCCCCCCCCCCC. The maximum atomic E-state index is 12.9. The van der Waals surface area contributed by atoms with E-state index in [2.05, 4.69) is 25.2 Å². The molecule has 7 atom stereocenters. The van der Waals surface area contributed by atoms with E-state index in [1.54, 1.807) is 12.2 Å². The number of unbranched alkanes of at least 4 members (excludes halogenated alkanes) is 24. The lowest BCUT2D eigenvalue weighted by atomic mass is 9.99. The highest BCUT2D eigenvalue weighted by atomic mass is 16.7. The molecule has 1 rings (SSSR count). The molecule has 1 saturated heterocycles. The standard InChI is InChI=1S/C43H81NO8/c1-3-5-7-9-11-13-15-16-17-18-19-20-21-22-23-25-27-29-31-33-39(47)44-36(35-51-43-42(50)41(49)40(48)38(34-45)52-43)37(46)32-30-28-26-24-14-12-10-8-6-4-2/h26,28,30,32,36-38,40-43,45-46,48-50H,3-25,27,29,31,33-35H2,1-2H3,(H,44,47)/b28-26+,32-30+/t36-,37+,38-,40-,41?,42?,43-/m0/s1. The first-order valence-electron chi connectivity index (χ1n) is 21.6. The molecular formula is C43H81NO8. The summed E-state index contributed by atoms with van der Waals surface area (Å²) in [5, 5.41) is 53.9. The number of hydrogen-bond donors (Lipinski definition) is 6. The van der Waals surface area contributed by atoms with Gasteiger partial charge in [0, 0.05) is 6.42 Å². The summed E-state index contributed by atoms with van der Waals surface area (Å²) in [6.07, 6.45) is 32.4. The third-order valence-electron chi connectivity index (χ3n) is 10.3. The van der Waals surface area contributed by atoms with Gasteiger partial charge in [-0.15, -0.1) is 0 Å². The van der Waals surface area contributed by atoms with Gasteiger partial charge >= 0.3 is 0 Å². The highest BCUT2D eigenvalue weighted by Gasteiger charge is 2.44. The average molecular weight is 740 g/mol. The molecule has 0 aliphatic carbocycles. The van der Waals surface area contributed by atoms with Crippen LogP contribution in [0.4, 0.5) is 0 Å². The Hall–Kier alpha value is -1.33. The van der Waals surface area contributed by atoms with Crippen LogP contribution >= 0.6 is 0 Å². The minimum Gasteiger partial charge on any atom is -0.394 e. The molecule has 1 fully saturated rings. The maximum absolute atomic E-state index is 12.9. The molecule has 0 aromatic carbocycles. The van der Waals surface area contributed by atoms with E-state index in [1.807, 2.05) is 6.08 Å². The van der Waals surface area contributed by atoms with Gasteiger partial charge in [0.25, 0.3) is 0 Å². The smallest absolute Gasteiger partial charge is 0.220 e. The molecule has 1 aliphatic rings. The lowest BCUT2D eigenvalue weighted by molar-refractivity contribution is -0.302. The molecule has 0 aromatic rings. The summed E-state index contributed by atoms with van der Waals surface area (Å²) in [6, 6.07) is -0.830. The molecular weight excluding hydrogens is 658 g/mol. The fourth-order valence-corrected chi connectivity index (χ4v) is 6.80. The number of aliphatic hydroxyl groups excluding tert-OH is 5. The predicted molar refractivity (Wildman–Crippen MR) is 212 cm³/mol. The molecule has 9 heteroatoms. The van der Waals surface area contributed by atoms with Gasteiger partial charge in [0.2, 0.25) is 5.91 Å². The van der Waals surface area contributed by atoms with Crippen LogP contribution in [0.25, 0.3) is 0 Å². The Balaban J connectivity index is 2.34. The van der Waals surface area contributed by atoms with Crippen molar-refractivity contribution in [3.05, 3.63) is 24.3 Å². The fourth-order valence-electron chi connectivity index (χ4n) is 6.80. The number of amides is 1. The van der Waals surface area contributed by atoms with Crippen molar-refractivity contribution < 1.29 is 39.8 Å². The number of carbonyl (C=O) groups is 1. The van der Waals surface area contributed by atoms with Gasteiger partial charge in [-0.1, -0.05) is 186 Å². The molecule has 6 N–H and O–H groups in total. The van der Waals surface area contributed by atoms with Gasteiger partial charge in [-0.25, -0.2) is 0 Å². The van der Waals surface area contributed by atoms with Gasteiger partial charge in [0.15, 0.2) is 6.29 Å². The Bertz CT molecular complexity index is 868. The number of ether oxygens (including phenoxy) is 2. The maximum Gasteiger partial charge on any atom is 0.220 e. The molecule has 2 unspecified atom stereocenters. The van der Waals surface area contributed by atoms with E-state index in [-0.39, 0.29) is 12.5 Å². The van der Waals surface area contributed by atoms with Gasteiger partial charge in [0.1, 0.15) is 24.4 Å². The molecule has 0 saturated carbocycles. The minimum absolute atomic E-state index is 0.194. The number of aliphatic hydroxyl groups is 5. The average Bonchev–Trinajstić information content (AvgIpc) is 3.14. The third kappa shape index (κ3) is 24.9. The Morgan fingerprint density at radius 1 is 0.654 bits per heavy atom. The van der Waals surface area contributed by atoms with E-state index in [0.717, 1.165) is 32.1 Å². The Labute approximate surface area is 318 Å². The summed E-state index contributed by atoms with van der Waals surface area (Å²) < 4.78 is 11.1. The first-order chi connectivity index (χ1) is 25.3. The van der Waals surface area contributed by atoms with Gasteiger partial charge in [0.05, 0.1) is 25.4 Å². The van der Waals surface area contributed by atoms with Crippen LogP contribution < -0.4 is 5.32 Å². The molecule has 306 valence electrons. The zero-order valence-corrected chi connectivity index (χ0v) is 33.3. The van der Waals surface area contributed by atoms with Crippen molar-refractivity contribution in [2.45, 2.75) is 230 Å². The van der Waals surface area contributed by atoms with Crippen molar-refractivity contribution >= 4 is 5.91 Å². The lowest BCUT2D eigenvalue weighted by Gasteiger charge is -2.40. The summed E-state index contributed by atoms with van der Waals surface area (Å²) in [5.41, 5.74) is 0. The highest BCUT2D eigenvalue weighted by molar-refractivity contribution is 5.76. The molecule has 0 aromatic heterocycles. The summed E-state index contributed by atoms with van der Waals surface area (Å²) in [6.45, 7) is 3.71. The second-order valence-electron chi connectivity index (χ2n) is 15.2. The van der Waals surface area contributed by atoms with Crippen LogP contribution in [-0.4, -0.2) is 87.5 Å². The Kier molecular flexibility index (Phi) is 32.0. The van der Waals surface area contributed by atoms with Crippen LogP contribution in [0, 0.1) is 0 Å². The van der Waals surface area contributed by atoms with Crippen LogP contribution in [0.3, 0.4) is 0 Å². The molecule has 1 heterocycles. The number of allylic oxidation sites excluding steroid dienone is 3. The van der Waals surface area contributed by atoms with E-state index >= 15 is 0 Å². The molecule has 1 aliphatic heterocycles. The van der Waals surface area contributed by atoms with E-state index in [9.17, 15) is 30.3 Å². The fraction of sp³-hybridized carbons (Fsp3) is 0.884.